The molecule has 0 spiro atoms. The Kier molecular flexibility index (Phi) is 4.81. The average Bonchev–Trinajstić information content (AvgIpc) is 3.11. The van der Waals surface area contributed by atoms with Crippen molar-refractivity contribution < 1.29 is 19.4 Å². The maximum absolute atomic E-state index is 12.2. The summed E-state index contributed by atoms with van der Waals surface area (Å²) in [6, 6.07) is 6.77. The molecule has 1 aromatic carbocycles. The van der Waals surface area contributed by atoms with E-state index in [9.17, 15) is 14.7 Å². The van der Waals surface area contributed by atoms with Crippen molar-refractivity contribution in [3.8, 4) is 0 Å². The van der Waals surface area contributed by atoms with Crippen molar-refractivity contribution in [2.75, 3.05) is 24.7 Å². The Labute approximate surface area is 133 Å². The van der Waals surface area contributed by atoms with Crippen LogP contribution in [0.2, 0.25) is 0 Å². The van der Waals surface area contributed by atoms with Gasteiger partial charge in [0.2, 0.25) is 0 Å². The van der Waals surface area contributed by atoms with Gasteiger partial charge in [0.1, 0.15) is 0 Å². The number of nitrogens with zero attached hydrogens (tertiary/aromatic N) is 1. The smallest absolute Gasteiger partial charge is 0.261 e. The predicted octanol–water partition coefficient (Wildman–Crippen LogP) is 1.56. The number of ether oxygens (including phenoxy) is 1. The maximum Gasteiger partial charge on any atom is 0.261 e. The Morgan fingerprint density at radius 1 is 1.27 bits per heavy atom. The van der Waals surface area contributed by atoms with Crippen molar-refractivity contribution in [1.29, 1.82) is 0 Å². The van der Waals surface area contributed by atoms with E-state index < -0.39 is 6.10 Å². The van der Waals surface area contributed by atoms with Gasteiger partial charge in [-0.15, -0.1) is 0 Å². The second kappa shape index (κ2) is 6.81. The Morgan fingerprint density at radius 2 is 1.95 bits per heavy atom. The summed E-state index contributed by atoms with van der Waals surface area (Å²) in [5.74, 6) is 0.708. The van der Waals surface area contributed by atoms with Gasteiger partial charge in [0, 0.05) is 18.1 Å². The summed E-state index contributed by atoms with van der Waals surface area (Å²) < 4.78 is 5.52. The second-order valence-corrected chi connectivity index (χ2v) is 6.67. The normalized spacial score (nSPS) is 22.2. The van der Waals surface area contributed by atoms with E-state index in [1.165, 1.54) is 0 Å². The molecule has 2 aliphatic rings. The van der Waals surface area contributed by atoms with Gasteiger partial charge in [-0.2, -0.15) is 11.8 Å². The standard InChI is InChI=1S/C16H19NO4S/c18-11(9-22-10-12-4-3-7-21-12)8-17-15(19)13-5-1-2-6-14(13)16(17)20/h1-2,5-6,11-12,18H,3-4,7-10H2/t11-,12+/m0/s1. The highest BCUT2D eigenvalue weighted by atomic mass is 32.2. The number of β-amino-alcohol motifs (C(OH)–C–C–N with tert-alkyl or cyclic N) is 1. The molecule has 0 aliphatic carbocycles. The molecule has 5 nitrogen and oxygen atoms in total. The lowest BCUT2D eigenvalue weighted by Crippen LogP contribution is -2.38. The van der Waals surface area contributed by atoms with Gasteiger partial charge in [-0.3, -0.25) is 14.5 Å². The van der Waals surface area contributed by atoms with Crippen molar-refractivity contribution in [3.63, 3.8) is 0 Å². The van der Waals surface area contributed by atoms with Crippen LogP contribution in [0.5, 0.6) is 0 Å². The lowest BCUT2D eigenvalue weighted by molar-refractivity contribution is 0.0567. The molecule has 0 unspecified atom stereocenters. The zero-order chi connectivity index (χ0) is 15.5. The van der Waals surface area contributed by atoms with Gasteiger partial charge < -0.3 is 9.84 Å². The molecule has 0 bridgehead atoms. The van der Waals surface area contributed by atoms with E-state index in [4.69, 9.17) is 4.74 Å². The summed E-state index contributed by atoms with van der Waals surface area (Å²) in [4.78, 5) is 25.5. The largest absolute Gasteiger partial charge is 0.390 e. The number of aliphatic hydroxyl groups excluding tert-OH is 1. The van der Waals surface area contributed by atoms with E-state index in [0.717, 1.165) is 30.1 Å². The summed E-state index contributed by atoms with van der Waals surface area (Å²) in [6.45, 7) is 0.869. The fourth-order valence-corrected chi connectivity index (χ4v) is 3.82. The second-order valence-electron chi connectivity index (χ2n) is 5.59. The first kappa shape index (κ1) is 15.5. The van der Waals surface area contributed by atoms with E-state index in [1.54, 1.807) is 36.0 Å². The number of fused-ring (bicyclic) bond motifs is 1. The molecule has 6 heteroatoms. The minimum atomic E-state index is -0.714. The lowest BCUT2D eigenvalue weighted by atomic mass is 10.1. The molecule has 22 heavy (non-hydrogen) atoms. The highest BCUT2D eigenvalue weighted by Gasteiger charge is 2.36. The molecule has 0 saturated carbocycles. The summed E-state index contributed by atoms with van der Waals surface area (Å²) in [5, 5.41) is 10.1. The van der Waals surface area contributed by atoms with Crippen molar-refractivity contribution in [2.45, 2.75) is 25.0 Å². The third-order valence-electron chi connectivity index (χ3n) is 3.91. The van der Waals surface area contributed by atoms with Crippen molar-refractivity contribution in [1.82, 2.24) is 4.90 Å². The number of carbonyl (C=O) groups is 2. The number of amides is 2. The number of thioether (sulfide) groups is 1. The van der Waals surface area contributed by atoms with Gasteiger partial charge in [-0.1, -0.05) is 12.1 Å². The molecule has 1 aromatic rings. The molecule has 1 N–H and O–H groups in total. The van der Waals surface area contributed by atoms with E-state index in [2.05, 4.69) is 0 Å². The Morgan fingerprint density at radius 3 is 2.55 bits per heavy atom. The van der Waals surface area contributed by atoms with Gasteiger partial charge in [-0.25, -0.2) is 0 Å². The van der Waals surface area contributed by atoms with Crippen LogP contribution >= 0.6 is 11.8 Å². The molecule has 0 aromatic heterocycles. The van der Waals surface area contributed by atoms with Crippen LogP contribution in [0.1, 0.15) is 33.6 Å². The highest BCUT2D eigenvalue weighted by molar-refractivity contribution is 7.99. The van der Waals surface area contributed by atoms with Crippen LogP contribution in [0.3, 0.4) is 0 Å². The molecule has 1 saturated heterocycles. The SMILES string of the molecule is O=C1c2ccccc2C(=O)N1C[C@H](O)CSC[C@H]1CCCO1. The van der Waals surface area contributed by atoms with Crippen LogP contribution in [0.4, 0.5) is 0 Å². The number of carbonyl (C=O) groups excluding carboxylic acids is 2. The molecule has 118 valence electrons. The van der Waals surface area contributed by atoms with E-state index in [0.29, 0.717) is 16.9 Å². The number of rotatable bonds is 6. The predicted molar refractivity (Wildman–Crippen MR) is 84.1 cm³/mol. The van der Waals surface area contributed by atoms with E-state index in [1.807, 2.05) is 0 Å². The Hall–Kier alpha value is -1.37. The zero-order valence-electron chi connectivity index (χ0n) is 12.2. The number of benzene rings is 1. The first-order valence-corrected chi connectivity index (χ1v) is 8.65. The fourth-order valence-electron chi connectivity index (χ4n) is 2.78. The quantitative estimate of drug-likeness (QED) is 0.805. The molecule has 0 radical (unpaired) electrons. The van der Waals surface area contributed by atoms with Crippen LogP contribution in [0.25, 0.3) is 0 Å². The van der Waals surface area contributed by atoms with Crippen molar-refractivity contribution in [3.05, 3.63) is 35.4 Å². The van der Waals surface area contributed by atoms with E-state index >= 15 is 0 Å². The van der Waals surface area contributed by atoms with Crippen LogP contribution in [-0.2, 0) is 4.74 Å². The maximum atomic E-state index is 12.2. The molecule has 2 atom stereocenters. The minimum Gasteiger partial charge on any atom is -0.390 e. The number of hydrogen-bond acceptors (Lipinski definition) is 5. The van der Waals surface area contributed by atoms with Crippen LogP contribution in [0.15, 0.2) is 24.3 Å². The first-order valence-electron chi connectivity index (χ1n) is 7.49. The lowest BCUT2D eigenvalue weighted by Gasteiger charge is -2.18. The van der Waals surface area contributed by atoms with Gasteiger partial charge in [-0.05, 0) is 25.0 Å². The summed E-state index contributed by atoms with van der Waals surface area (Å²) in [7, 11) is 0. The monoisotopic (exact) mass is 321 g/mol. The molecule has 2 heterocycles. The molecule has 1 fully saturated rings. The Balaban J connectivity index is 1.50. The van der Waals surface area contributed by atoms with Gasteiger partial charge in [0.05, 0.1) is 29.9 Å². The summed E-state index contributed by atoms with van der Waals surface area (Å²) in [5.41, 5.74) is 0.846. The topological polar surface area (TPSA) is 66.8 Å². The first-order chi connectivity index (χ1) is 10.7. The number of imide groups is 1. The van der Waals surface area contributed by atoms with Gasteiger partial charge in [0.25, 0.3) is 11.8 Å². The molecular weight excluding hydrogens is 302 g/mol. The van der Waals surface area contributed by atoms with Crippen LogP contribution < -0.4 is 0 Å². The molecule has 2 aliphatic heterocycles. The van der Waals surface area contributed by atoms with Crippen LogP contribution in [-0.4, -0.2) is 58.7 Å². The molecule has 2 amide bonds. The number of aliphatic hydroxyl groups is 1. The van der Waals surface area contributed by atoms with Gasteiger partial charge in [0.15, 0.2) is 0 Å². The minimum absolute atomic E-state index is 0.0465. The molecule has 3 rings (SSSR count). The number of hydrogen-bond donors (Lipinski definition) is 1. The zero-order valence-corrected chi connectivity index (χ0v) is 13.1. The third kappa shape index (κ3) is 3.19. The fraction of sp³-hybridized carbons (Fsp3) is 0.500. The third-order valence-corrected chi connectivity index (χ3v) is 5.14. The van der Waals surface area contributed by atoms with Crippen molar-refractivity contribution in [2.24, 2.45) is 0 Å². The van der Waals surface area contributed by atoms with Crippen LogP contribution in [0, 0.1) is 0 Å². The van der Waals surface area contributed by atoms with E-state index in [-0.39, 0.29) is 24.5 Å². The van der Waals surface area contributed by atoms with Crippen molar-refractivity contribution >= 4 is 23.6 Å². The summed E-state index contributed by atoms with van der Waals surface area (Å²) >= 11 is 1.60. The average molecular weight is 321 g/mol. The highest BCUT2D eigenvalue weighted by Crippen LogP contribution is 2.23. The summed E-state index contributed by atoms with van der Waals surface area (Å²) in [6.07, 6.45) is 1.73. The van der Waals surface area contributed by atoms with Gasteiger partial charge >= 0.3 is 0 Å². The Bertz CT molecular complexity index is 536. The molecular formula is C16H19NO4S.